The molecule has 0 radical (unpaired) electrons. The summed E-state index contributed by atoms with van der Waals surface area (Å²) in [7, 11) is 4.77. The molecular weight excluding hydrogens is 388 g/mol. The molecule has 0 amide bonds. The van der Waals surface area contributed by atoms with Gasteiger partial charge in [-0.25, -0.2) is 4.98 Å². The van der Waals surface area contributed by atoms with E-state index in [-0.39, 0.29) is 23.9 Å². The van der Waals surface area contributed by atoms with Crippen LogP contribution in [0.4, 0.5) is 5.69 Å². The molecule has 0 aliphatic rings. The average molecular weight is 414 g/mol. The number of aliphatic hydroxyl groups is 2. The fraction of sp³-hybridized carbons (Fsp3) is 0.318. The Hall–Kier alpha value is -3.23. The Bertz CT molecular complexity index is 974. The van der Waals surface area contributed by atoms with Gasteiger partial charge in [-0.15, -0.1) is 0 Å². The maximum Gasteiger partial charge on any atom is 0.227 e. The second kappa shape index (κ2) is 9.06. The second-order valence-corrected chi connectivity index (χ2v) is 6.92. The van der Waals surface area contributed by atoms with Gasteiger partial charge >= 0.3 is 0 Å². The third-order valence-electron chi connectivity index (χ3n) is 4.80. The first-order valence-corrected chi connectivity index (χ1v) is 9.41. The number of aryl methyl sites for hydroxylation is 1. The van der Waals surface area contributed by atoms with Crippen molar-refractivity contribution in [1.82, 2.24) is 4.98 Å². The number of nitrogens with zero attached hydrogens (tertiary/aromatic N) is 2. The van der Waals surface area contributed by atoms with Crippen molar-refractivity contribution in [3.8, 4) is 40.0 Å². The number of benzene rings is 2. The predicted octanol–water partition coefficient (Wildman–Crippen LogP) is 2.83. The lowest BCUT2D eigenvalue weighted by atomic mass is 10.1. The number of rotatable bonds is 8. The molecule has 1 unspecified atom stereocenters. The molecule has 0 saturated heterocycles. The molecule has 0 fully saturated rings. The van der Waals surface area contributed by atoms with E-state index in [0.717, 1.165) is 11.3 Å². The van der Waals surface area contributed by atoms with Crippen molar-refractivity contribution < 1.29 is 29.2 Å². The molecule has 8 nitrogen and oxygen atoms in total. The quantitative estimate of drug-likeness (QED) is 0.516. The SMILES string of the molecule is COc1cc(-c2nc(-c3ccc(N(C)CC(O)CO)cc3)c(C)o2)cc(OC)c1O. The van der Waals surface area contributed by atoms with E-state index >= 15 is 0 Å². The number of aromatic hydroxyl groups is 1. The van der Waals surface area contributed by atoms with Gasteiger partial charge in [0.1, 0.15) is 11.5 Å². The fourth-order valence-corrected chi connectivity index (χ4v) is 3.16. The molecule has 2 aromatic carbocycles. The van der Waals surface area contributed by atoms with Crippen LogP contribution in [0.15, 0.2) is 40.8 Å². The Labute approximate surface area is 174 Å². The highest BCUT2D eigenvalue weighted by atomic mass is 16.5. The highest BCUT2D eigenvalue weighted by molar-refractivity contribution is 5.70. The van der Waals surface area contributed by atoms with Gasteiger partial charge in [0.25, 0.3) is 0 Å². The number of phenolic OH excluding ortho intramolecular Hbond substituents is 1. The Balaban J connectivity index is 1.90. The zero-order valence-electron chi connectivity index (χ0n) is 17.4. The summed E-state index contributed by atoms with van der Waals surface area (Å²) < 4.78 is 16.3. The van der Waals surface area contributed by atoms with E-state index in [9.17, 15) is 10.2 Å². The third kappa shape index (κ3) is 4.34. The number of aromatic nitrogens is 1. The summed E-state index contributed by atoms with van der Waals surface area (Å²) in [6, 6.07) is 10.9. The molecule has 1 heterocycles. The van der Waals surface area contributed by atoms with Crippen molar-refractivity contribution in [3.63, 3.8) is 0 Å². The first-order chi connectivity index (χ1) is 14.4. The minimum atomic E-state index is -0.797. The lowest BCUT2D eigenvalue weighted by Gasteiger charge is -2.21. The lowest BCUT2D eigenvalue weighted by Crippen LogP contribution is -2.31. The summed E-state index contributed by atoms with van der Waals surface area (Å²) in [6.45, 7) is 1.88. The summed E-state index contributed by atoms with van der Waals surface area (Å²) in [5.41, 5.74) is 3.09. The molecule has 0 aliphatic heterocycles. The van der Waals surface area contributed by atoms with Crippen LogP contribution in [0.1, 0.15) is 5.76 Å². The van der Waals surface area contributed by atoms with Crippen LogP contribution < -0.4 is 14.4 Å². The summed E-state index contributed by atoms with van der Waals surface area (Å²) >= 11 is 0. The van der Waals surface area contributed by atoms with E-state index in [1.807, 2.05) is 43.1 Å². The van der Waals surface area contributed by atoms with E-state index in [2.05, 4.69) is 4.98 Å². The zero-order chi connectivity index (χ0) is 21.8. The molecule has 30 heavy (non-hydrogen) atoms. The van der Waals surface area contributed by atoms with Crippen molar-refractivity contribution in [2.75, 3.05) is 39.3 Å². The maximum absolute atomic E-state index is 10.1. The number of likely N-dealkylation sites (N-methyl/N-ethyl adjacent to an activating group) is 1. The molecule has 0 bridgehead atoms. The van der Waals surface area contributed by atoms with Crippen LogP contribution in [0.5, 0.6) is 17.2 Å². The highest BCUT2D eigenvalue weighted by Gasteiger charge is 2.18. The van der Waals surface area contributed by atoms with E-state index in [0.29, 0.717) is 29.5 Å². The Morgan fingerprint density at radius 3 is 2.20 bits per heavy atom. The van der Waals surface area contributed by atoms with Crippen LogP contribution in [-0.4, -0.2) is 60.8 Å². The minimum Gasteiger partial charge on any atom is -0.502 e. The minimum absolute atomic E-state index is 0.0849. The van der Waals surface area contributed by atoms with E-state index in [1.165, 1.54) is 14.2 Å². The van der Waals surface area contributed by atoms with Gasteiger partial charge in [-0.2, -0.15) is 0 Å². The number of oxazole rings is 1. The van der Waals surface area contributed by atoms with Gasteiger partial charge in [-0.1, -0.05) is 12.1 Å². The molecular formula is C22H26N2O6. The van der Waals surface area contributed by atoms with Crippen molar-refractivity contribution in [1.29, 1.82) is 0 Å². The molecule has 1 atom stereocenters. The monoisotopic (exact) mass is 414 g/mol. The van der Waals surface area contributed by atoms with Gasteiger partial charge < -0.3 is 34.1 Å². The number of phenols is 1. The van der Waals surface area contributed by atoms with Gasteiger partial charge in [0.15, 0.2) is 11.5 Å². The van der Waals surface area contributed by atoms with Gasteiger partial charge in [0.05, 0.1) is 26.9 Å². The van der Waals surface area contributed by atoms with Gasteiger partial charge in [-0.3, -0.25) is 0 Å². The first kappa shape index (κ1) is 21.5. The molecule has 3 rings (SSSR count). The third-order valence-corrected chi connectivity index (χ3v) is 4.80. The Morgan fingerprint density at radius 2 is 1.67 bits per heavy atom. The number of anilines is 1. The number of aliphatic hydroxyl groups excluding tert-OH is 2. The first-order valence-electron chi connectivity index (χ1n) is 9.41. The second-order valence-electron chi connectivity index (χ2n) is 6.92. The van der Waals surface area contributed by atoms with Crippen molar-refractivity contribution in [3.05, 3.63) is 42.2 Å². The molecule has 0 aliphatic carbocycles. The largest absolute Gasteiger partial charge is 0.502 e. The van der Waals surface area contributed by atoms with Gasteiger partial charge in [0.2, 0.25) is 11.6 Å². The van der Waals surface area contributed by atoms with Crippen molar-refractivity contribution >= 4 is 5.69 Å². The van der Waals surface area contributed by atoms with E-state index in [1.54, 1.807) is 12.1 Å². The Kier molecular flexibility index (Phi) is 6.49. The summed E-state index contributed by atoms with van der Waals surface area (Å²) in [6.07, 6.45) is -0.797. The number of methoxy groups -OCH3 is 2. The van der Waals surface area contributed by atoms with Crippen molar-refractivity contribution in [2.24, 2.45) is 0 Å². The zero-order valence-corrected chi connectivity index (χ0v) is 17.4. The van der Waals surface area contributed by atoms with Crippen molar-refractivity contribution in [2.45, 2.75) is 13.0 Å². The molecule has 3 N–H and O–H groups in total. The normalized spacial score (nSPS) is 11.9. The number of ether oxygens (including phenoxy) is 2. The summed E-state index contributed by atoms with van der Waals surface area (Å²) in [4.78, 5) is 6.48. The average Bonchev–Trinajstić information content (AvgIpc) is 3.15. The number of hydrogen-bond donors (Lipinski definition) is 3. The van der Waals surface area contributed by atoms with Crippen LogP contribution >= 0.6 is 0 Å². The molecule has 3 aromatic rings. The van der Waals surface area contributed by atoms with Crippen LogP contribution in [0, 0.1) is 6.92 Å². The predicted molar refractivity (Wildman–Crippen MR) is 113 cm³/mol. The van der Waals surface area contributed by atoms with E-state index in [4.69, 9.17) is 19.0 Å². The molecule has 8 heteroatoms. The summed E-state index contributed by atoms with van der Waals surface area (Å²) in [5, 5.41) is 28.7. The molecule has 0 spiro atoms. The van der Waals surface area contributed by atoms with E-state index < -0.39 is 6.10 Å². The Morgan fingerprint density at radius 1 is 1.07 bits per heavy atom. The van der Waals surface area contributed by atoms with Crippen LogP contribution in [0.2, 0.25) is 0 Å². The highest BCUT2D eigenvalue weighted by Crippen LogP contribution is 2.41. The van der Waals surface area contributed by atoms with Gasteiger partial charge in [0, 0.05) is 30.4 Å². The van der Waals surface area contributed by atoms with Crippen LogP contribution in [0.25, 0.3) is 22.7 Å². The van der Waals surface area contributed by atoms with Crippen LogP contribution in [-0.2, 0) is 0 Å². The molecule has 0 saturated carbocycles. The fourth-order valence-electron chi connectivity index (χ4n) is 3.16. The topological polar surface area (TPSA) is 108 Å². The lowest BCUT2D eigenvalue weighted by molar-refractivity contribution is 0.101. The van der Waals surface area contributed by atoms with Crippen LogP contribution in [0.3, 0.4) is 0 Å². The smallest absolute Gasteiger partial charge is 0.227 e. The molecule has 1 aromatic heterocycles. The standard InChI is InChI=1S/C22H26N2O6/c1-13-20(14-5-7-16(8-6-14)24(2)11-17(26)12-25)23-22(30-13)15-9-18(28-3)21(27)19(10-15)29-4/h5-10,17,25-27H,11-12H2,1-4H3. The van der Waals surface area contributed by atoms with Gasteiger partial charge in [-0.05, 0) is 31.2 Å². The molecule has 160 valence electrons. The number of hydrogen-bond acceptors (Lipinski definition) is 8. The maximum atomic E-state index is 10.1. The summed E-state index contributed by atoms with van der Waals surface area (Å²) in [5.74, 6) is 1.47.